The summed E-state index contributed by atoms with van der Waals surface area (Å²) in [7, 11) is 4.25. The van der Waals surface area contributed by atoms with Gasteiger partial charge in [-0.25, -0.2) is 0 Å². The van der Waals surface area contributed by atoms with Gasteiger partial charge in [0, 0.05) is 6.54 Å². The lowest BCUT2D eigenvalue weighted by Gasteiger charge is -2.10. The van der Waals surface area contributed by atoms with Gasteiger partial charge in [0.15, 0.2) is 0 Å². The van der Waals surface area contributed by atoms with Crippen molar-refractivity contribution in [1.29, 1.82) is 0 Å². The van der Waals surface area contributed by atoms with E-state index in [1.54, 1.807) is 0 Å². The molecule has 3 heteroatoms. The highest BCUT2D eigenvalue weighted by atomic mass is 16.5. The van der Waals surface area contributed by atoms with Gasteiger partial charge in [0.1, 0.15) is 5.75 Å². The first-order valence-corrected chi connectivity index (χ1v) is 8.15. The first kappa shape index (κ1) is 18.0. The van der Waals surface area contributed by atoms with Gasteiger partial charge >= 0.3 is 0 Å². The smallest absolute Gasteiger partial charge is 0.119 e. The summed E-state index contributed by atoms with van der Waals surface area (Å²) in [5, 5.41) is 3.49. The van der Waals surface area contributed by atoms with Crippen molar-refractivity contribution >= 4 is 0 Å². The van der Waals surface area contributed by atoms with Crippen LogP contribution < -0.4 is 10.1 Å². The predicted octanol–water partition coefficient (Wildman–Crippen LogP) is 3.54. The number of nitrogens with zero attached hydrogens (tertiary/aromatic N) is 1. The molecule has 120 valence electrons. The van der Waals surface area contributed by atoms with Gasteiger partial charge in [-0.2, -0.15) is 0 Å². The number of rotatable bonds is 11. The van der Waals surface area contributed by atoms with Crippen molar-refractivity contribution in [2.24, 2.45) is 5.92 Å². The van der Waals surface area contributed by atoms with Gasteiger partial charge < -0.3 is 15.0 Å². The fourth-order valence-corrected chi connectivity index (χ4v) is 2.03. The molecule has 0 spiro atoms. The van der Waals surface area contributed by atoms with E-state index in [1.165, 1.54) is 24.9 Å². The van der Waals surface area contributed by atoms with Crippen LogP contribution in [0, 0.1) is 5.92 Å². The minimum absolute atomic E-state index is 0.695. The molecule has 0 heterocycles. The molecule has 1 N–H and O–H groups in total. The summed E-state index contributed by atoms with van der Waals surface area (Å²) in [6, 6.07) is 8.45. The number of hydrogen-bond acceptors (Lipinski definition) is 3. The van der Waals surface area contributed by atoms with Crippen LogP contribution in [-0.4, -0.2) is 38.7 Å². The molecule has 0 aliphatic heterocycles. The summed E-state index contributed by atoms with van der Waals surface area (Å²) in [4.78, 5) is 2.23. The van der Waals surface area contributed by atoms with Crippen LogP contribution in [0.5, 0.6) is 5.75 Å². The average Bonchev–Trinajstić information content (AvgIpc) is 2.43. The zero-order chi connectivity index (χ0) is 15.5. The van der Waals surface area contributed by atoms with Crippen molar-refractivity contribution in [3.8, 4) is 5.75 Å². The lowest BCUT2D eigenvalue weighted by molar-refractivity contribution is 0.289. The fourth-order valence-electron chi connectivity index (χ4n) is 2.03. The summed E-state index contributed by atoms with van der Waals surface area (Å²) in [6.45, 7) is 8.44. The minimum atomic E-state index is 0.695. The van der Waals surface area contributed by atoms with E-state index in [4.69, 9.17) is 4.74 Å². The molecular weight excluding hydrogens is 260 g/mol. The SMILES string of the molecule is CC(C)CCOc1ccc(CNCCCCN(C)C)cc1. The van der Waals surface area contributed by atoms with E-state index in [0.29, 0.717) is 5.92 Å². The van der Waals surface area contributed by atoms with Crippen LogP contribution >= 0.6 is 0 Å². The molecule has 0 bridgehead atoms. The topological polar surface area (TPSA) is 24.5 Å². The molecule has 0 radical (unpaired) electrons. The van der Waals surface area contributed by atoms with Crippen molar-refractivity contribution in [3.05, 3.63) is 29.8 Å². The largest absolute Gasteiger partial charge is 0.494 e. The molecule has 0 unspecified atom stereocenters. The average molecular weight is 292 g/mol. The molecule has 0 fully saturated rings. The van der Waals surface area contributed by atoms with Crippen LogP contribution in [0.1, 0.15) is 38.7 Å². The zero-order valence-electron chi connectivity index (χ0n) is 14.2. The van der Waals surface area contributed by atoms with E-state index < -0.39 is 0 Å². The van der Waals surface area contributed by atoms with Gasteiger partial charge in [0.2, 0.25) is 0 Å². The molecule has 1 aromatic carbocycles. The van der Waals surface area contributed by atoms with Crippen molar-refractivity contribution in [2.45, 2.75) is 39.7 Å². The second-order valence-electron chi connectivity index (χ2n) is 6.36. The maximum absolute atomic E-state index is 5.73. The van der Waals surface area contributed by atoms with Crippen molar-refractivity contribution < 1.29 is 4.74 Å². The van der Waals surface area contributed by atoms with Crippen LogP contribution in [0.3, 0.4) is 0 Å². The fraction of sp³-hybridized carbons (Fsp3) is 0.667. The third kappa shape index (κ3) is 9.48. The third-order valence-electron chi connectivity index (χ3n) is 3.43. The maximum atomic E-state index is 5.73. The Morgan fingerprint density at radius 2 is 1.81 bits per heavy atom. The molecule has 0 saturated heterocycles. The quantitative estimate of drug-likeness (QED) is 0.631. The predicted molar refractivity (Wildman–Crippen MR) is 90.9 cm³/mol. The number of hydrogen-bond donors (Lipinski definition) is 1. The van der Waals surface area contributed by atoms with Crippen molar-refractivity contribution in [3.63, 3.8) is 0 Å². The highest BCUT2D eigenvalue weighted by Crippen LogP contribution is 2.13. The highest BCUT2D eigenvalue weighted by Gasteiger charge is 1.98. The standard InChI is InChI=1S/C18H32N2O/c1-16(2)11-14-21-18-9-7-17(8-10-18)15-19-12-5-6-13-20(3)4/h7-10,16,19H,5-6,11-15H2,1-4H3. The van der Waals surface area contributed by atoms with Gasteiger partial charge in [-0.15, -0.1) is 0 Å². The Labute approximate surface area is 130 Å². The van der Waals surface area contributed by atoms with Gasteiger partial charge in [-0.3, -0.25) is 0 Å². The molecule has 0 aromatic heterocycles. The summed E-state index contributed by atoms with van der Waals surface area (Å²) in [6.07, 6.45) is 3.59. The van der Waals surface area contributed by atoms with E-state index in [0.717, 1.165) is 31.9 Å². The van der Waals surface area contributed by atoms with E-state index in [9.17, 15) is 0 Å². The van der Waals surface area contributed by atoms with Gasteiger partial charge in [-0.05, 0) is 70.1 Å². The van der Waals surface area contributed by atoms with Crippen LogP contribution in [0.15, 0.2) is 24.3 Å². The molecule has 21 heavy (non-hydrogen) atoms. The van der Waals surface area contributed by atoms with Gasteiger partial charge in [0.25, 0.3) is 0 Å². The summed E-state index contributed by atoms with van der Waals surface area (Å²) < 4.78 is 5.73. The Morgan fingerprint density at radius 3 is 2.43 bits per heavy atom. The summed E-state index contributed by atoms with van der Waals surface area (Å²) >= 11 is 0. The Bertz CT molecular complexity index is 360. The monoisotopic (exact) mass is 292 g/mol. The number of unbranched alkanes of at least 4 members (excludes halogenated alkanes) is 1. The third-order valence-corrected chi connectivity index (χ3v) is 3.43. The second-order valence-corrected chi connectivity index (χ2v) is 6.36. The van der Waals surface area contributed by atoms with Gasteiger partial charge in [0.05, 0.1) is 6.61 Å². The Hall–Kier alpha value is -1.06. The second kappa shape index (κ2) is 10.6. The molecule has 1 rings (SSSR count). The first-order valence-electron chi connectivity index (χ1n) is 8.15. The van der Waals surface area contributed by atoms with Gasteiger partial charge in [-0.1, -0.05) is 26.0 Å². The van der Waals surface area contributed by atoms with Crippen LogP contribution in [0.4, 0.5) is 0 Å². The lowest BCUT2D eigenvalue weighted by atomic mass is 10.1. The molecular formula is C18H32N2O. The van der Waals surface area contributed by atoms with E-state index in [-0.39, 0.29) is 0 Å². The van der Waals surface area contributed by atoms with E-state index in [2.05, 4.69) is 62.4 Å². The molecule has 0 aliphatic rings. The molecule has 1 aromatic rings. The Morgan fingerprint density at radius 1 is 1.10 bits per heavy atom. The molecule has 0 saturated carbocycles. The van der Waals surface area contributed by atoms with Crippen LogP contribution in [0.2, 0.25) is 0 Å². The molecule has 0 amide bonds. The number of ether oxygens (including phenoxy) is 1. The summed E-state index contributed by atoms with van der Waals surface area (Å²) in [5.41, 5.74) is 1.32. The van der Waals surface area contributed by atoms with E-state index in [1.807, 2.05) is 0 Å². The number of nitrogens with one attached hydrogen (secondary N) is 1. The van der Waals surface area contributed by atoms with Crippen molar-refractivity contribution in [2.75, 3.05) is 33.8 Å². The maximum Gasteiger partial charge on any atom is 0.119 e. The summed E-state index contributed by atoms with van der Waals surface area (Å²) in [5.74, 6) is 1.67. The lowest BCUT2D eigenvalue weighted by Crippen LogP contribution is -2.18. The van der Waals surface area contributed by atoms with Crippen molar-refractivity contribution in [1.82, 2.24) is 10.2 Å². The first-order chi connectivity index (χ1) is 10.1. The normalized spacial score (nSPS) is 11.3. The minimum Gasteiger partial charge on any atom is -0.494 e. The zero-order valence-corrected chi connectivity index (χ0v) is 14.2. The molecule has 3 nitrogen and oxygen atoms in total. The Kier molecular flexibility index (Phi) is 9.11. The number of benzene rings is 1. The molecule has 0 aliphatic carbocycles. The van der Waals surface area contributed by atoms with E-state index >= 15 is 0 Å². The highest BCUT2D eigenvalue weighted by molar-refractivity contribution is 5.27. The van der Waals surface area contributed by atoms with Crippen LogP contribution in [0.25, 0.3) is 0 Å². The molecule has 0 atom stereocenters. The Balaban J connectivity index is 2.13. The van der Waals surface area contributed by atoms with Crippen LogP contribution in [-0.2, 0) is 6.54 Å².